The van der Waals surface area contributed by atoms with E-state index in [-0.39, 0.29) is 0 Å². The molecule has 0 heterocycles. The summed E-state index contributed by atoms with van der Waals surface area (Å²) in [6.45, 7) is 22.5. The lowest BCUT2D eigenvalue weighted by molar-refractivity contribution is 0.768. The molecule has 1 aliphatic rings. The van der Waals surface area contributed by atoms with Crippen molar-refractivity contribution in [2.75, 3.05) is 5.73 Å². The second-order valence-electron chi connectivity index (χ2n) is 7.94. The minimum absolute atomic E-state index is 0.510. The monoisotopic (exact) mass is 473 g/mol. The van der Waals surface area contributed by atoms with E-state index in [9.17, 15) is 0 Å². The minimum Gasteiger partial charge on any atom is -0.399 e. The third kappa shape index (κ3) is 4.70. The Bertz CT molecular complexity index is 1290. The van der Waals surface area contributed by atoms with Gasteiger partial charge in [0.25, 0.3) is 0 Å². The molecule has 0 fully saturated rings. The number of rotatable bonds is 5. The Kier molecular flexibility index (Phi) is 10.2. The Morgan fingerprint density at radius 2 is 1.44 bits per heavy atom. The summed E-state index contributed by atoms with van der Waals surface area (Å²) in [5.74, 6) is 0. The second-order valence-corrected chi connectivity index (χ2v) is 7.94. The average Bonchev–Trinajstić information content (AvgIpc) is 3.24. The molecule has 1 atom stereocenters. The molecule has 0 amide bonds. The van der Waals surface area contributed by atoms with E-state index in [1.165, 1.54) is 33.4 Å². The SMILES string of the molecule is C=C.C=C/C=C(\C=C)C1(c2ccccc2)C(=C/C)/C(=C\C)c2cccc(-c3cccc(N)c3)c21.CC. The highest BCUT2D eigenvalue weighted by molar-refractivity contribution is 5.98. The highest BCUT2D eigenvalue weighted by Crippen LogP contribution is 2.60. The van der Waals surface area contributed by atoms with E-state index in [2.05, 4.69) is 119 Å². The third-order valence-electron chi connectivity index (χ3n) is 6.36. The molecule has 0 saturated heterocycles. The van der Waals surface area contributed by atoms with Crippen molar-refractivity contribution in [1.82, 2.24) is 0 Å². The third-order valence-corrected chi connectivity index (χ3v) is 6.36. The molecule has 0 aliphatic heterocycles. The lowest BCUT2D eigenvalue weighted by Gasteiger charge is -2.36. The van der Waals surface area contributed by atoms with Gasteiger partial charge >= 0.3 is 0 Å². The zero-order valence-corrected chi connectivity index (χ0v) is 22.2. The molecule has 184 valence electrons. The van der Waals surface area contributed by atoms with E-state index >= 15 is 0 Å². The number of nitrogen functional groups attached to an aromatic ring is 1. The zero-order valence-electron chi connectivity index (χ0n) is 22.2. The van der Waals surface area contributed by atoms with Crippen LogP contribution in [0.3, 0.4) is 0 Å². The van der Waals surface area contributed by atoms with E-state index < -0.39 is 5.41 Å². The van der Waals surface area contributed by atoms with Gasteiger partial charge in [-0.3, -0.25) is 0 Å². The van der Waals surface area contributed by atoms with Gasteiger partial charge < -0.3 is 5.73 Å². The fourth-order valence-electron chi connectivity index (χ4n) is 5.22. The minimum atomic E-state index is -0.510. The summed E-state index contributed by atoms with van der Waals surface area (Å²) in [6.07, 6.45) is 10.4. The van der Waals surface area contributed by atoms with Gasteiger partial charge in [-0.1, -0.05) is 118 Å². The maximum atomic E-state index is 6.20. The van der Waals surface area contributed by atoms with Crippen LogP contribution in [0.15, 0.2) is 141 Å². The molecule has 2 N–H and O–H groups in total. The summed E-state index contributed by atoms with van der Waals surface area (Å²) in [4.78, 5) is 0. The summed E-state index contributed by atoms with van der Waals surface area (Å²) in [5, 5.41) is 0. The fourth-order valence-corrected chi connectivity index (χ4v) is 5.22. The number of hydrogen-bond acceptors (Lipinski definition) is 1. The van der Waals surface area contributed by atoms with Crippen molar-refractivity contribution in [1.29, 1.82) is 0 Å². The van der Waals surface area contributed by atoms with Gasteiger partial charge in [0.2, 0.25) is 0 Å². The Morgan fingerprint density at radius 1 is 0.806 bits per heavy atom. The number of benzene rings is 3. The average molecular weight is 474 g/mol. The van der Waals surface area contributed by atoms with Gasteiger partial charge in [-0.25, -0.2) is 0 Å². The molecule has 36 heavy (non-hydrogen) atoms. The van der Waals surface area contributed by atoms with Crippen molar-refractivity contribution in [3.8, 4) is 11.1 Å². The van der Waals surface area contributed by atoms with E-state index in [0.717, 1.165) is 16.8 Å². The van der Waals surface area contributed by atoms with Gasteiger partial charge in [-0.05, 0) is 70.5 Å². The van der Waals surface area contributed by atoms with Crippen LogP contribution in [0, 0.1) is 0 Å². The number of nitrogens with two attached hydrogens (primary N) is 1. The van der Waals surface area contributed by atoms with Gasteiger partial charge in [0.15, 0.2) is 0 Å². The van der Waals surface area contributed by atoms with Crippen molar-refractivity contribution >= 4 is 11.3 Å². The molecule has 0 spiro atoms. The first-order chi connectivity index (χ1) is 17.6. The van der Waals surface area contributed by atoms with Crippen molar-refractivity contribution in [3.63, 3.8) is 0 Å². The van der Waals surface area contributed by atoms with Crippen molar-refractivity contribution in [3.05, 3.63) is 157 Å². The molecule has 0 aromatic heterocycles. The molecule has 1 unspecified atom stereocenters. The predicted molar refractivity (Wildman–Crippen MR) is 162 cm³/mol. The van der Waals surface area contributed by atoms with Crippen LogP contribution in [0.1, 0.15) is 44.4 Å². The normalized spacial score (nSPS) is 18.4. The highest BCUT2D eigenvalue weighted by Gasteiger charge is 2.49. The molecule has 4 rings (SSSR count). The van der Waals surface area contributed by atoms with E-state index in [1.54, 1.807) is 0 Å². The zero-order chi connectivity index (χ0) is 26.7. The van der Waals surface area contributed by atoms with Crippen molar-refractivity contribution in [2.45, 2.75) is 33.1 Å². The smallest absolute Gasteiger partial charge is 0.0716 e. The Hall–Kier alpha value is -4.10. The molecule has 1 aliphatic carbocycles. The maximum absolute atomic E-state index is 6.20. The van der Waals surface area contributed by atoms with Crippen LogP contribution >= 0.6 is 0 Å². The summed E-state index contributed by atoms with van der Waals surface area (Å²) in [6, 6.07) is 25.4. The molecule has 0 saturated carbocycles. The number of fused-ring (bicyclic) bond motifs is 1. The van der Waals surface area contributed by atoms with Crippen LogP contribution in [-0.2, 0) is 5.41 Å². The van der Waals surface area contributed by atoms with Gasteiger partial charge in [0.05, 0.1) is 5.41 Å². The molecule has 0 radical (unpaired) electrons. The van der Waals surface area contributed by atoms with E-state index in [1.807, 2.05) is 38.1 Å². The van der Waals surface area contributed by atoms with Crippen LogP contribution in [0.4, 0.5) is 5.69 Å². The molecule has 3 aromatic carbocycles. The second kappa shape index (κ2) is 13.1. The lowest BCUT2D eigenvalue weighted by atomic mass is 9.65. The summed E-state index contributed by atoms with van der Waals surface area (Å²) < 4.78 is 0. The Morgan fingerprint density at radius 3 is 2.00 bits per heavy atom. The van der Waals surface area contributed by atoms with Gasteiger partial charge in [0.1, 0.15) is 0 Å². The quantitative estimate of drug-likeness (QED) is 0.223. The van der Waals surface area contributed by atoms with Crippen molar-refractivity contribution < 1.29 is 0 Å². The summed E-state index contributed by atoms with van der Waals surface area (Å²) in [7, 11) is 0. The van der Waals surface area contributed by atoms with Crippen LogP contribution in [-0.4, -0.2) is 0 Å². The molecule has 1 nitrogen and oxygen atoms in total. The maximum Gasteiger partial charge on any atom is 0.0716 e. The first-order valence-electron chi connectivity index (χ1n) is 12.5. The largest absolute Gasteiger partial charge is 0.399 e. The number of hydrogen-bond donors (Lipinski definition) is 1. The van der Waals surface area contributed by atoms with Gasteiger partial charge in [-0.2, -0.15) is 0 Å². The molecule has 0 bridgehead atoms. The van der Waals surface area contributed by atoms with Crippen LogP contribution < -0.4 is 5.73 Å². The molecule has 1 heteroatoms. The van der Waals surface area contributed by atoms with Crippen molar-refractivity contribution in [2.24, 2.45) is 0 Å². The summed E-state index contributed by atoms with van der Waals surface area (Å²) in [5.41, 5.74) is 16.0. The van der Waals surface area contributed by atoms with E-state index in [4.69, 9.17) is 5.73 Å². The Balaban J connectivity index is 0.00000109. The predicted octanol–water partition coefficient (Wildman–Crippen LogP) is 9.71. The van der Waals surface area contributed by atoms with E-state index in [0.29, 0.717) is 0 Å². The molecule has 3 aromatic rings. The number of allylic oxidation sites excluding steroid dienone is 8. The molecular weight excluding hydrogens is 434 g/mol. The van der Waals surface area contributed by atoms with Gasteiger partial charge in [-0.15, -0.1) is 13.2 Å². The van der Waals surface area contributed by atoms with Crippen LogP contribution in [0.5, 0.6) is 0 Å². The first kappa shape index (κ1) is 28.1. The van der Waals surface area contributed by atoms with Gasteiger partial charge in [0, 0.05) is 5.69 Å². The Labute approximate surface area is 218 Å². The lowest BCUT2D eigenvalue weighted by Crippen LogP contribution is -2.29. The van der Waals surface area contributed by atoms with Crippen LogP contribution in [0.2, 0.25) is 0 Å². The van der Waals surface area contributed by atoms with Crippen LogP contribution in [0.25, 0.3) is 16.7 Å². The fraction of sp³-hybridized carbons (Fsp3) is 0.143. The topological polar surface area (TPSA) is 26.0 Å². The first-order valence-corrected chi connectivity index (χ1v) is 12.5. The molecular formula is C35H39N. The number of anilines is 1. The summed E-state index contributed by atoms with van der Waals surface area (Å²) >= 11 is 0. The highest BCUT2D eigenvalue weighted by atomic mass is 14.5. The standard InChI is InChI=1S/C31H29N.C2H6.C2H4/c1-5-14-23(6-2)31(24-16-10-9-11-17-24)29(8-4)26(7-3)28-20-13-19-27(30(28)31)22-15-12-18-25(32)21-22;2*1-2/h5-21H,1-2,32H2,3-4H3;1-2H3;1-2H2/b23-14+,26-7-,29-8+;;.